The smallest absolute Gasteiger partial charge is 0.219 e. The zero-order valence-corrected chi connectivity index (χ0v) is 9.82. The van der Waals surface area contributed by atoms with E-state index in [2.05, 4.69) is 0 Å². The summed E-state index contributed by atoms with van der Waals surface area (Å²) < 4.78 is 18.5. The number of carbonyl (C=O) groups is 1. The molecule has 3 nitrogen and oxygen atoms in total. The molecule has 0 radical (unpaired) electrons. The van der Waals surface area contributed by atoms with Gasteiger partial charge in [-0.15, -0.1) is 0 Å². The Labute approximate surface area is 107 Å². The highest BCUT2D eigenvalue weighted by atomic mass is 35.5. The second-order valence-electron chi connectivity index (χ2n) is 3.55. The zero-order valence-electron chi connectivity index (χ0n) is 9.06. The fraction of sp³-hybridized carbons (Fsp3) is 0.0769. The van der Waals surface area contributed by atoms with Crippen LogP contribution in [0.25, 0.3) is 0 Å². The Kier molecular flexibility index (Phi) is 3.45. The molecule has 5 heteroatoms. The summed E-state index contributed by atoms with van der Waals surface area (Å²) in [5, 5.41) is 9.08. The molecule has 1 aromatic heterocycles. The molecule has 0 saturated carbocycles. The van der Waals surface area contributed by atoms with Gasteiger partial charge in [0.2, 0.25) is 5.78 Å². The number of ketones is 1. The van der Waals surface area contributed by atoms with Gasteiger partial charge in [-0.05, 0) is 29.8 Å². The average molecular weight is 264 g/mol. The van der Waals surface area contributed by atoms with E-state index >= 15 is 0 Å². The molecule has 2 aromatic rings. The van der Waals surface area contributed by atoms with Crippen molar-refractivity contribution in [1.29, 1.82) is 5.26 Å². The van der Waals surface area contributed by atoms with E-state index in [0.717, 1.165) is 0 Å². The SMILES string of the molecule is N#CC(C(=O)c1ccc(Cl)o1)c1ccccc1F. The minimum absolute atomic E-state index is 0.0255. The lowest BCUT2D eigenvalue weighted by molar-refractivity contribution is 0.0950. The van der Waals surface area contributed by atoms with Gasteiger partial charge in [0.1, 0.15) is 11.7 Å². The molecule has 90 valence electrons. The number of halogens is 2. The molecular weight excluding hydrogens is 257 g/mol. The van der Waals surface area contributed by atoms with Crippen LogP contribution in [-0.4, -0.2) is 5.78 Å². The van der Waals surface area contributed by atoms with Crippen LogP contribution in [0.5, 0.6) is 0 Å². The van der Waals surface area contributed by atoms with Gasteiger partial charge in [-0.3, -0.25) is 4.79 Å². The first-order valence-corrected chi connectivity index (χ1v) is 5.45. The Morgan fingerprint density at radius 1 is 1.33 bits per heavy atom. The van der Waals surface area contributed by atoms with Gasteiger partial charge in [-0.1, -0.05) is 18.2 Å². The van der Waals surface area contributed by atoms with Gasteiger partial charge in [-0.25, -0.2) is 4.39 Å². The van der Waals surface area contributed by atoms with E-state index in [4.69, 9.17) is 21.3 Å². The van der Waals surface area contributed by atoms with Crippen molar-refractivity contribution in [2.75, 3.05) is 0 Å². The molecule has 0 N–H and O–H groups in total. The molecule has 0 spiro atoms. The van der Waals surface area contributed by atoms with Crippen LogP contribution in [0, 0.1) is 17.1 Å². The van der Waals surface area contributed by atoms with E-state index in [9.17, 15) is 9.18 Å². The largest absolute Gasteiger partial charge is 0.442 e. The first-order chi connectivity index (χ1) is 8.63. The monoisotopic (exact) mass is 263 g/mol. The molecule has 0 aliphatic rings. The highest BCUT2D eigenvalue weighted by Gasteiger charge is 2.26. The molecule has 2 rings (SSSR count). The van der Waals surface area contributed by atoms with Gasteiger partial charge >= 0.3 is 0 Å². The number of nitrogens with zero attached hydrogens (tertiary/aromatic N) is 1. The van der Waals surface area contributed by atoms with E-state index in [1.54, 1.807) is 12.1 Å². The molecule has 1 heterocycles. The molecule has 0 amide bonds. The summed E-state index contributed by atoms with van der Waals surface area (Å²) in [4.78, 5) is 12.0. The molecule has 0 bridgehead atoms. The lowest BCUT2D eigenvalue weighted by Gasteiger charge is -2.07. The van der Waals surface area contributed by atoms with E-state index < -0.39 is 17.5 Å². The van der Waals surface area contributed by atoms with Crippen molar-refractivity contribution >= 4 is 17.4 Å². The van der Waals surface area contributed by atoms with Gasteiger partial charge in [0.05, 0.1) is 6.07 Å². The van der Waals surface area contributed by atoms with Crippen molar-refractivity contribution in [1.82, 2.24) is 0 Å². The Morgan fingerprint density at radius 3 is 2.61 bits per heavy atom. The third-order valence-corrected chi connectivity index (χ3v) is 2.63. The first kappa shape index (κ1) is 12.3. The van der Waals surface area contributed by atoms with Gasteiger partial charge in [0, 0.05) is 5.56 Å². The summed E-state index contributed by atoms with van der Waals surface area (Å²) in [5.41, 5.74) is 0.0255. The molecule has 18 heavy (non-hydrogen) atoms. The minimum Gasteiger partial charge on any atom is -0.442 e. The van der Waals surface area contributed by atoms with Crippen molar-refractivity contribution in [2.24, 2.45) is 0 Å². The predicted molar refractivity (Wildman–Crippen MR) is 62.8 cm³/mol. The second kappa shape index (κ2) is 5.03. The summed E-state index contributed by atoms with van der Waals surface area (Å²) >= 11 is 5.55. The number of rotatable bonds is 3. The minimum atomic E-state index is -1.24. The fourth-order valence-corrected chi connectivity index (χ4v) is 1.71. The third kappa shape index (κ3) is 2.27. The zero-order chi connectivity index (χ0) is 13.1. The van der Waals surface area contributed by atoms with Crippen LogP contribution in [0.15, 0.2) is 40.8 Å². The van der Waals surface area contributed by atoms with E-state index in [-0.39, 0.29) is 16.5 Å². The van der Waals surface area contributed by atoms with Gasteiger partial charge < -0.3 is 4.42 Å². The topological polar surface area (TPSA) is 54.0 Å². The van der Waals surface area contributed by atoms with Crippen molar-refractivity contribution in [3.63, 3.8) is 0 Å². The molecule has 1 atom stereocenters. The molecule has 0 aliphatic heterocycles. The van der Waals surface area contributed by atoms with Crippen molar-refractivity contribution < 1.29 is 13.6 Å². The Bertz CT molecular complexity index is 630. The summed E-state index contributed by atoms with van der Waals surface area (Å²) in [5.74, 6) is -2.52. The first-order valence-electron chi connectivity index (χ1n) is 5.07. The summed E-state index contributed by atoms with van der Waals surface area (Å²) in [6.07, 6.45) is 0. The standard InChI is InChI=1S/C13H7ClFNO2/c14-12-6-5-11(18-12)13(17)9(7-16)8-3-1-2-4-10(8)15/h1-6,9H. The Morgan fingerprint density at radius 2 is 2.06 bits per heavy atom. The number of benzene rings is 1. The highest BCUT2D eigenvalue weighted by Crippen LogP contribution is 2.24. The number of nitriles is 1. The molecule has 0 saturated heterocycles. The van der Waals surface area contributed by atoms with Gasteiger partial charge in [0.25, 0.3) is 0 Å². The average Bonchev–Trinajstić information content (AvgIpc) is 2.79. The normalized spacial score (nSPS) is 11.8. The van der Waals surface area contributed by atoms with Crippen LogP contribution in [0.2, 0.25) is 5.22 Å². The predicted octanol–water partition coefficient (Wildman–Crippen LogP) is 3.56. The van der Waals surface area contributed by atoms with Gasteiger partial charge in [0.15, 0.2) is 11.0 Å². The van der Waals surface area contributed by atoms with Crippen LogP contribution < -0.4 is 0 Å². The summed E-state index contributed by atoms with van der Waals surface area (Å²) in [6, 6.07) is 10.2. The molecule has 0 aliphatic carbocycles. The number of carbonyl (C=O) groups excluding carboxylic acids is 1. The van der Waals surface area contributed by atoms with E-state index in [1.807, 2.05) is 0 Å². The van der Waals surface area contributed by atoms with Crippen molar-refractivity contribution in [3.8, 4) is 6.07 Å². The van der Waals surface area contributed by atoms with E-state index in [1.165, 1.54) is 30.3 Å². The number of furan rings is 1. The number of hydrogen-bond donors (Lipinski definition) is 0. The van der Waals surface area contributed by atoms with Crippen LogP contribution >= 0.6 is 11.6 Å². The van der Waals surface area contributed by atoms with Gasteiger partial charge in [-0.2, -0.15) is 5.26 Å². The fourth-order valence-electron chi connectivity index (χ4n) is 1.57. The molecular formula is C13H7ClFNO2. The number of hydrogen-bond acceptors (Lipinski definition) is 3. The molecule has 0 fully saturated rings. The van der Waals surface area contributed by atoms with Crippen LogP contribution in [0.1, 0.15) is 22.0 Å². The Hall–Kier alpha value is -2.12. The summed E-state index contributed by atoms with van der Waals surface area (Å²) in [7, 11) is 0. The summed E-state index contributed by atoms with van der Waals surface area (Å²) in [6.45, 7) is 0. The maximum atomic E-state index is 13.5. The maximum absolute atomic E-state index is 13.5. The molecule has 1 aromatic carbocycles. The lowest BCUT2D eigenvalue weighted by atomic mass is 9.94. The maximum Gasteiger partial charge on any atom is 0.219 e. The van der Waals surface area contributed by atoms with Crippen LogP contribution in [0.4, 0.5) is 4.39 Å². The third-order valence-electron chi connectivity index (χ3n) is 2.42. The van der Waals surface area contributed by atoms with Crippen molar-refractivity contribution in [3.05, 3.63) is 58.8 Å². The molecule has 1 unspecified atom stereocenters. The van der Waals surface area contributed by atoms with E-state index in [0.29, 0.717) is 0 Å². The highest BCUT2D eigenvalue weighted by molar-refractivity contribution is 6.29. The van der Waals surface area contributed by atoms with Crippen LogP contribution in [-0.2, 0) is 0 Å². The van der Waals surface area contributed by atoms with Crippen LogP contribution in [0.3, 0.4) is 0 Å². The second-order valence-corrected chi connectivity index (χ2v) is 3.92. The lowest BCUT2D eigenvalue weighted by Crippen LogP contribution is -2.12. The number of Topliss-reactive ketones (excluding diaryl/α,β-unsaturated/α-hetero) is 1. The van der Waals surface area contributed by atoms with Crippen molar-refractivity contribution in [2.45, 2.75) is 5.92 Å². The quantitative estimate of drug-likeness (QED) is 0.796. The Balaban J connectivity index is 2.39.